The summed E-state index contributed by atoms with van der Waals surface area (Å²) in [5.41, 5.74) is 9.89. The Morgan fingerprint density at radius 3 is 2.40 bits per heavy atom. The van der Waals surface area contributed by atoms with E-state index in [0.717, 1.165) is 75.4 Å². The molecule has 0 bridgehead atoms. The molecule has 2 unspecified atom stereocenters. The van der Waals surface area contributed by atoms with Crippen molar-refractivity contribution in [3.63, 3.8) is 0 Å². The zero-order valence-electron chi connectivity index (χ0n) is 22.7. The van der Waals surface area contributed by atoms with Gasteiger partial charge in [0.25, 0.3) is 5.91 Å². The minimum absolute atomic E-state index is 0.00464. The lowest BCUT2D eigenvalue weighted by atomic mass is 9.82. The van der Waals surface area contributed by atoms with Crippen LogP contribution in [0.25, 0.3) is 21.8 Å². The molecule has 0 saturated heterocycles. The van der Waals surface area contributed by atoms with Crippen molar-refractivity contribution in [3.8, 4) is 0 Å². The minimum Gasteiger partial charge on any atom is -0.378 e. The maximum atomic E-state index is 12.7. The zero-order chi connectivity index (χ0) is 29.1. The fraction of sp³-hybridized carbons (Fsp3) is 0.267. The molecule has 10 nitrogen and oxygen atoms in total. The highest BCUT2D eigenvalue weighted by molar-refractivity contribution is 8.26. The molecule has 3 aromatic heterocycles. The fourth-order valence-corrected chi connectivity index (χ4v) is 7.25. The van der Waals surface area contributed by atoms with Crippen LogP contribution in [0.5, 0.6) is 0 Å². The Hall–Kier alpha value is -4.29. The van der Waals surface area contributed by atoms with Crippen LogP contribution in [0.2, 0.25) is 0 Å². The number of anilines is 1. The number of aromatic amines is 2. The molecule has 6 rings (SSSR count). The number of hydrogen-bond acceptors (Lipinski definition) is 7. The van der Waals surface area contributed by atoms with E-state index in [-0.39, 0.29) is 41.7 Å². The van der Waals surface area contributed by atoms with E-state index in [1.54, 1.807) is 0 Å². The number of fused-ring (bicyclic) bond motifs is 2. The minimum atomic E-state index is -0.337. The highest BCUT2D eigenvalue weighted by Gasteiger charge is 2.29. The van der Waals surface area contributed by atoms with Gasteiger partial charge in [-0.2, -0.15) is 4.99 Å². The number of carbonyl (C=O) groups is 2. The second-order valence-corrected chi connectivity index (χ2v) is 12.5. The number of aromatic nitrogens is 4. The molecule has 3 heterocycles. The van der Waals surface area contributed by atoms with Gasteiger partial charge in [0.05, 0.1) is 17.9 Å². The van der Waals surface area contributed by atoms with E-state index in [2.05, 4.69) is 30.5 Å². The number of amidine groups is 1. The number of nitrogens with zero attached hydrogens (tertiary/aromatic N) is 3. The molecule has 2 aromatic carbocycles. The molecule has 214 valence electrons. The van der Waals surface area contributed by atoms with Crippen molar-refractivity contribution in [1.29, 1.82) is 5.41 Å². The van der Waals surface area contributed by atoms with E-state index < -0.39 is 0 Å². The number of rotatable bonds is 7. The van der Waals surface area contributed by atoms with Gasteiger partial charge in [0.2, 0.25) is 11.0 Å². The first kappa shape index (κ1) is 27.9. The molecule has 5 aromatic rings. The first-order valence-corrected chi connectivity index (χ1v) is 15.4. The van der Waals surface area contributed by atoms with Crippen molar-refractivity contribution in [2.45, 2.75) is 44.4 Å². The SMILES string of the molecule is N=C(SC(N)=NC(=O)Cc1cccc2[nH]ccc12)C1CCCC(c2nnc(NC(=O)Cc3cccc4[nH]ccc34)s2)C1. The summed E-state index contributed by atoms with van der Waals surface area (Å²) in [5.74, 6) is -0.338. The molecular formula is C30H30N8O2S2. The first-order valence-electron chi connectivity index (χ1n) is 13.8. The van der Waals surface area contributed by atoms with Crippen LogP contribution in [0, 0.1) is 11.3 Å². The Labute approximate surface area is 250 Å². The second-order valence-electron chi connectivity index (χ2n) is 10.4. The number of amides is 2. The van der Waals surface area contributed by atoms with Gasteiger partial charge in [-0.1, -0.05) is 42.0 Å². The highest BCUT2D eigenvalue weighted by Crippen LogP contribution is 2.40. The lowest BCUT2D eigenvalue weighted by molar-refractivity contribution is -0.117. The largest absolute Gasteiger partial charge is 0.378 e. The molecule has 42 heavy (non-hydrogen) atoms. The summed E-state index contributed by atoms with van der Waals surface area (Å²) in [7, 11) is 0. The Balaban J connectivity index is 1.02. The molecule has 1 saturated carbocycles. The highest BCUT2D eigenvalue weighted by atomic mass is 32.2. The number of H-pyrrole nitrogens is 2. The molecule has 2 atom stereocenters. The van der Waals surface area contributed by atoms with E-state index in [1.165, 1.54) is 11.3 Å². The smallest absolute Gasteiger partial charge is 0.252 e. The van der Waals surface area contributed by atoms with Crippen LogP contribution >= 0.6 is 23.1 Å². The molecule has 1 fully saturated rings. The maximum Gasteiger partial charge on any atom is 0.252 e. The van der Waals surface area contributed by atoms with Gasteiger partial charge in [0.15, 0.2) is 5.17 Å². The van der Waals surface area contributed by atoms with Crippen molar-refractivity contribution in [3.05, 3.63) is 77.1 Å². The van der Waals surface area contributed by atoms with Gasteiger partial charge in [0.1, 0.15) is 5.01 Å². The summed E-state index contributed by atoms with van der Waals surface area (Å²) in [4.78, 5) is 35.7. The molecular weight excluding hydrogens is 569 g/mol. The monoisotopic (exact) mass is 598 g/mol. The van der Waals surface area contributed by atoms with Crippen LogP contribution < -0.4 is 11.1 Å². The van der Waals surface area contributed by atoms with Crippen LogP contribution in [0.4, 0.5) is 5.13 Å². The van der Waals surface area contributed by atoms with Crippen molar-refractivity contribution in [1.82, 2.24) is 20.2 Å². The van der Waals surface area contributed by atoms with Gasteiger partial charge in [-0.05, 0) is 66.4 Å². The van der Waals surface area contributed by atoms with Crippen molar-refractivity contribution in [2.75, 3.05) is 5.32 Å². The quantitative estimate of drug-likeness (QED) is 0.118. The predicted molar refractivity (Wildman–Crippen MR) is 169 cm³/mol. The molecule has 12 heteroatoms. The number of carbonyl (C=O) groups excluding carboxylic acids is 2. The summed E-state index contributed by atoms with van der Waals surface area (Å²) >= 11 is 2.44. The van der Waals surface area contributed by atoms with E-state index in [1.807, 2.05) is 60.9 Å². The zero-order valence-corrected chi connectivity index (χ0v) is 24.4. The van der Waals surface area contributed by atoms with E-state index in [9.17, 15) is 9.59 Å². The van der Waals surface area contributed by atoms with Gasteiger partial charge < -0.3 is 21.0 Å². The maximum absolute atomic E-state index is 12.7. The molecule has 0 radical (unpaired) electrons. The Morgan fingerprint density at radius 1 is 1.00 bits per heavy atom. The van der Waals surface area contributed by atoms with E-state index in [0.29, 0.717) is 10.2 Å². The third-order valence-corrected chi connectivity index (χ3v) is 9.45. The Morgan fingerprint density at radius 2 is 1.69 bits per heavy atom. The topological polar surface area (TPSA) is 166 Å². The summed E-state index contributed by atoms with van der Waals surface area (Å²) < 4.78 is 0. The van der Waals surface area contributed by atoms with E-state index in [4.69, 9.17) is 11.1 Å². The molecule has 0 aliphatic heterocycles. The van der Waals surface area contributed by atoms with Crippen LogP contribution in [0.3, 0.4) is 0 Å². The summed E-state index contributed by atoms with van der Waals surface area (Å²) in [6.07, 6.45) is 7.59. The average Bonchev–Trinajstić information content (AvgIpc) is 3.74. The Bertz CT molecular complexity index is 1800. The lowest BCUT2D eigenvalue weighted by Crippen LogP contribution is -2.23. The molecule has 6 N–H and O–H groups in total. The first-order chi connectivity index (χ1) is 20.4. The predicted octanol–water partition coefficient (Wildman–Crippen LogP) is 5.75. The Kier molecular flexibility index (Phi) is 8.15. The third-order valence-electron chi connectivity index (χ3n) is 7.59. The van der Waals surface area contributed by atoms with Crippen molar-refractivity contribution < 1.29 is 9.59 Å². The summed E-state index contributed by atoms with van der Waals surface area (Å²) in [6.45, 7) is 0. The van der Waals surface area contributed by atoms with Crippen molar-refractivity contribution in [2.24, 2.45) is 16.6 Å². The van der Waals surface area contributed by atoms with Crippen molar-refractivity contribution >= 4 is 72.1 Å². The number of hydrogen-bond donors (Lipinski definition) is 5. The normalized spacial score (nSPS) is 17.5. The summed E-state index contributed by atoms with van der Waals surface area (Å²) in [6, 6.07) is 15.5. The molecule has 2 amide bonds. The molecule has 0 spiro atoms. The van der Waals surface area contributed by atoms with Gasteiger partial charge >= 0.3 is 0 Å². The van der Waals surface area contributed by atoms with Gasteiger partial charge in [-0.25, -0.2) is 0 Å². The number of aliphatic imine (C=N–C) groups is 1. The van der Waals surface area contributed by atoms with Crippen LogP contribution in [0.15, 0.2) is 65.9 Å². The summed E-state index contributed by atoms with van der Waals surface area (Å²) in [5, 5.41) is 24.0. The average molecular weight is 599 g/mol. The van der Waals surface area contributed by atoms with Crippen LogP contribution in [0.1, 0.15) is 47.7 Å². The number of benzene rings is 2. The third kappa shape index (κ3) is 6.29. The van der Waals surface area contributed by atoms with E-state index >= 15 is 0 Å². The van der Waals surface area contributed by atoms with Crippen LogP contribution in [-0.4, -0.2) is 42.2 Å². The lowest BCUT2D eigenvalue weighted by Gasteiger charge is -2.27. The van der Waals surface area contributed by atoms with Gasteiger partial charge in [-0.3, -0.25) is 15.0 Å². The van der Waals surface area contributed by atoms with Gasteiger partial charge in [-0.15, -0.1) is 10.2 Å². The molecule has 1 aliphatic rings. The van der Waals surface area contributed by atoms with Gasteiger partial charge in [0, 0.05) is 46.0 Å². The second kappa shape index (κ2) is 12.3. The number of nitrogens with two attached hydrogens (primary N) is 1. The number of thioether (sulfide) groups is 1. The number of nitrogens with one attached hydrogen (secondary N) is 4. The molecule has 1 aliphatic carbocycles. The standard InChI is InChI=1S/C30H30N8O2S2/c31-27(41-29(32)35-25(39)15-17-4-2-8-23-21(17)10-12-33-23)19-6-1-7-20(14-19)28-37-38-30(42-28)36-26(40)16-18-5-3-9-24-22(18)11-13-34-24/h2-5,8-13,19-20,31,33-34H,1,6-7,14-16H2,(H2,32,35,39)(H,36,38,40). The fourth-order valence-electron chi connectivity index (χ4n) is 5.59. The van der Waals surface area contributed by atoms with Crippen LogP contribution in [-0.2, 0) is 22.4 Å².